The molecule has 1 aliphatic carbocycles. The van der Waals surface area contributed by atoms with E-state index in [9.17, 15) is 13.2 Å². The van der Waals surface area contributed by atoms with Crippen molar-refractivity contribution in [3.8, 4) is 0 Å². The largest absolute Gasteiger partial charge is 0.418 e. The van der Waals surface area contributed by atoms with Gasteiger partial charge in [-0.05, 0) is 73.4 Å². The van der Waals surface area contributed by atoms with Crippen LogP contribution in [0.15, 0.2) is 47.8 Å². The van der Waals surface area contributed by atoms with Gasteiger partial charge in [-0.1, -0.05) is 25.5 Å². The smallest absolute Gasteiger partial charge is 0.320 e. The summed E-state index contributed by atoms with van der Waals surface area (Å²) in [5.74, 6) is 2.00. The molecule has 37 heavy (non-hydrogen) atoms. The Morgan fingerprint density at radius 1 is 1.16 bits per heavy atom. The van der Waals surface area contributed by atoms with Crippen LogP contribution in [0.25, 0.3) is 0 Å². The fourth-order valence-corrected chi connectivity index (χ4v) is 5.54. The van der Waals surface area contributed by atoms with E-state index >= 15 is 0 Å². The van der Waals surface area contributed by atoms with Crippen molar-refractivity contribution >= 4 is 11.9 Å². The van der Waals surface area contributed by atoms with Crippen LogP contribution < -0.4 is 0 Å². The van der Waals surface area contributed by atoms with Crippen molar-refractivity contribution < 1.29 is 13.2 Å². The molecule has 5 rings (SSSR count). The number of pyridine rings is 1. The number of aliphatic imine (C=N–C) groups is 1. The van der Waals surface area contributed by atoms with Gasteiger partial charge in [-0.2, -0.15) is 13.2 Å². The number of halogens is 3. The summed E-state index contributed by atoms with van der Waals surface area (Å²) in [5.41, 5.74) is 1.29. The summed E-state index contributed by atoms with van der Waals surface area (Å²) in [6, 6.07) is 8.89. The fraction of sp³-hybridized carbons (Fsp3) is 0.500. The third-order valence-electron chi connectivity index (χ3n) is 7.64. The Bertz CT molecular complexity index is 1250. The molecule has 0 bridgehead atoms. The van der Waals surface area contributed by atoms with Gasteiger partial charge in [-0.3, -0.25) is 14.9 Å². The summed E-state index contributed by atoms with van der Waals surface area (Å²) >= 11 is 0. The number of nitrogens with zero attached hydrogens (tertiary/aromatic N) is 6. The molecule has 1 saturated carbocycles. The van der Waals surface area contributed by atoms with Gasteiger partial charge in [0.05, 0.1) is 23.2 Å². The Hall–Kier alpha value is -3.07. The van der Waals surface area contributed by atoms with Crippen molar-refractivity contribution in [3.05, 3.63) is 71.1 Å². The predicted octanol–water partition coefficient (Wildman–Crippen LogP) is 6.14. The highest BCUT2D eigenvalue weighted by molar-refractivity contribution is 5.82. The number of piperidine rings is 1. The molecule has 1 aromatic carbocycles. The minimum Gasteiger partial charge on any atom is -0.320 e. The van der Waals surface area contributed by atoms with Gasteiger partial charge in [0.15, 0.2) is 0 Å². The Kier molecular flexibility index (Phi) is 7.42. The second kappa shape index (κ2) is 10.7. The van der Waals surface area contributed by atoms with Gasteiger partial charge in [-0.15, -0.1) is 10.2 Å². The second-order valence-corrected chi connectivity index (χ2v) is 10.6. The monoisotopic (exact) mass is 510 g/mol. The van der Waals surface area contributed by atoms with E-state index in [-0.39, 0.29) is 11.6 Å². The van der Waals surface area contributed by atoms with Crippen LogP contribution in [0.4, 0.5) is 18.9 Å². The van der Waals surface area contributed by atoms with Crippen molar-refractivity contribution in [1.82, 2.24) is 24.6 Å². The first kappa shape index (κ1) is 25.6. The summed E-state index contributed by atoms with van der Waals surface area (Å²) in [7, 11) is 1.93. The third-order valence-corrected chi connectivity index (χ3v) is 7.64. The molecule has 6 nitrogen and oxygen atoms in total. The Morgan fingerprint density at radius 2 is 2.00 bits per heavy atom. The van der Waals surface area contributed by atoms with E-state index in [4.69, 9.17) is 0 Å². The molecule has 0 radical (unpaired) electrons. The highest BCUT2D eigenvalue weighted by atomic mass is 19.4. The number of likely N-dealkylation sites (tertiary alicyclic amines) is 1. The number of hydrogen-bond donors (Lipinski definition) is 0. The van der Waals surface area contributed by atoms with E-state index in [1.165, 1.54) is 25.1 Å². The summed E-state index contributed by atoms with van der Waals surface area (Å²) in [5, 5.41) is 8.40. The standard InChI is InChI=1S/C28H33F3N6/c1-19-6-5-11-37(16-19)17-20-12-24(28(29,30)31)25(33-14-20)15-32-23-10-4-9-22(13-23)26(21-7-3-8-21)27-35-34-18-36(27)2/h4,9-10,12-15,18-19,21,26H,3,5-8,11,16-17H2,1-2H3/t19-,26+/m0/s1. The lowest BCUT2D eigenvalue weighted by Gasteiger charge is -2.33. The molecule has 0 spiro atoms. The average molecular weight is 511 g/mol. The maximum absolute atomic E-state index is 14.0. The van der Waals surface area contributed by atoms with Gasteiger partial charge in [0.1, 0.15) is 12.2 Å². The first-order valence-electron chi connectivity index (χ1n) is 13.0. The number of rotatable bonds is 7. The molecule has 196 valence electrons. The van der Waals surface area contributed by atoms with Crippen LogP contribution in [-0.4, -0.2) is 44.0 Å². The zero-order valence-corrected chi connectivity index (χ0v) is 21.3. The highest BCUT2D eigenvalue weighted by Crippen LogP contribution is 2.43. The molecule has 2 fully saturated rings. The third kappa shape index (κ3) is 5.92. The fourth-order valence-electron chi connectivity index (χ4n) is 5.54. The maximum Gasteiger partial charge on any atom is 0.418 e. The topological polar surface area (TPSA) is 59.2 Å². The minimum atomic E-state index is -4.51. The lowest BCUT2D eigenvalue weighted by atomic mass is 9.72. The van der Waals surface area contributed by atoms with Crippen molar-refractivity contribution in [2.75, 3.05) is 13.1 Å². The Morgan fingerprint density at radius 3 is 2.68 bits per heavy atom. The van der Waals surface area contributed by atoms with E-state index in [1.54, 1.807) is 18.6 Å². The van der Waals surface area contributed by atoms with Crippen LogP contribution >= 0.6 is 0 Å². The molecular formula is C28H33F3N6. The number of aromatic nitrogens is 4. The molecule has 0 amide bonds. The van der Waals surface area contributed by atoms with Gasteiger partial charge in [0, 0.05) is 32.3 Å². The number of benzene rings is 1. The number of aryl methyl sites for hydroxylation is 1. The molecule has 9 heteroatoms. The van der Waals surface area contributed by atoms with Crippen molar-refractivity contribution in [2.24, 2.45) is 23.9 Å². The van der Waals surface area contributed by atoms with Crippen molar-refractivity contribution in [2.45, 2.75) is 57.7 Å². The molecule has 2 atom stereocenters. The quantitative estimate of drug-likeness (QED) is 0.358. The zero-order chi connectivity index (χ0) is 26.0. The zero-order valence-electron chi connectivity index (χ0n) is 21.3. The molecule has 2 aliphatic rings. The van der Waals surface area contributed by atoms with Gasteiger partial charge < -0.3 is 4.57 Å². The van der Waals surface area contributed by atoms with Gasteiger partial charge >= 0.3 is 6.18 Å². The van der Waals surface area contributed by atoms with E-state index < -0.39 is 11.7 Å². The van der Waals surface area contributed by atoms with Crippen molar-refractivity contribution in [3.63, 3.8) is 0 Å². The van der Waals surface area contributed by atoms with Gasteiger partial charge in [-0.25, -0.2) is 0 Å². The molecule has 0 N–H and O–H groups in total. The molecule has 0 unspecified atom stereocenters. The number of alkyl halides is 3. The summed E-state index contributed by atoms with van der Waals surface area (Å²) in [6.07, 6.45) is 5.63. The Balaban J connectivity index is 1.39. The normalized spacial score (nSPS) is 20.3. The second-order valence-electron chi connectivity index (χ2n) is 10.6. The molecule has 2 aromatic heterocycles. The molecular weight excluding hydrogens is 477 g/mol. The molecule has 3 heterocycles. The summed E-state index contributed by atoms with van der Waals surface area (Å²) in [6.45, 7) is 4.46. The van der Waals surface area contributed by atoms with E-state index in [0.29, 0.717) is 29.6 Å². The number of hydrogen-bond acceptors (Lipinski definition) is 5. The van der Waals surface area contributed by atoms with Crippen LogP contribution in [0.3, 0.4) is 0 Å². The highest BCUT2D eigenvalue weighted by Gasteiger charge is 2.35. The van der Waals surface area contributed by atoms with E-state index in [0.717, 1.165) is 43.7 Å². The molecule has 3 aromatic rings. The molecule has 1 aliphatic heterocycles. The lowest BCUT2D eigenvalue weighted by molar-refractivity contribution is -0.138. The first-order chi connectivity index (χ1) is 17.8. The average Bonchev–Trinajstić information content (AvgIpc) is 3.25. The van der Waals surface area contributed by atoms with Crippen LogP contribution in [0.5, 0.6) is 0 Å². The van der Waals surface area contributed by atoms with E-state index in [1.807, 2.05) is 29.8 Å². The lowest BCUT2D eigenvalue weighted by Crippen LogP contribution is -2.33. The summed E-state index contributed by atoms with van der Waals surface area (Å²) in [4.78, 5) is 10.8. The van der Waals surface area contributed by atoms with Crippen LogP contribution in [0, 0.1) is 11.8 Å². The first-order valence-corrected chi connectivity index (χ1v) is 13.0. The van der Waals surface area contributed by atoms with Crippen LogP contribution in [-0.2, 0) is 19.8 Å². The van der Waals surface area contributed by atoms with Crippen molar-refractivity contribution in [1.29, 1.82) is 0 Å². The minimum absolute atomic E-state index is 0.0806. The van der Waals surface area contributed by atoms with Gasteiger partial charge in [0.2, 0.25) is 0 Å². The van der Waals surface area contributed by atoms with Crippen LogP contribution in [0.1, 0.15) is 73.2 Å². The summed E-state index contributed by atoms with van der Waals surface area (Å²) < 4.78 is 43.8. The maximum atomic E-state index is 14.0. The van der Waals surface area contributed by atoms with Crippen LogP contribution in [0.2, 0.25) is 0 Å². The SMILES string of the molecule is C[C@H]1CCCN(Cc2cnc(C=Nc3cccc([C@H](c4nncn4C)C4CCC4)c3)c(C(F)(F)F)c2)C1. The van der Waals surface area contributed by atoms with E-state index in [2.05, 4.69) is 32.0 Å². The predicted molar refractivity (Wildman–Crippen MR) is 137 cm³/mol. The molecule has 1 saturated heterocycles. The van der Waals surface area contributed by atoms with Gasteiger partial charge in [0.25, 0.3) is 0 Å². The Labute approximate surface area is 215 Å².